The highest BCUT2D eigenvalue weighted by molar-refractivity contribution is 6.07. The van der Waals surface area contributed by atoms with E-state index in [1.54, 1.807) is 12.3 Å². The number of aryl methyl sites for hydroxylation is 1. The predicted molar refractivity (Wildman–Crippen MR) is 177 cm³/mol. The second kappa shape index (κ2) is 11.7. The van der Waals surface area contributed by atoms with Gasteiger partial charge < -0.3 is 19.4 Å². The summed E-state index contributed by atoms with van der Waals surface area (Å²) in [4.78, 5) is 28.6. The van der Waals surface area contributed by atoms with E-state index in [0.717, 1.165) is 54.4 Å². The summed E-state index contributed by atoms with van der Waals surface area (Å²) in [5.74, 6) is 1.34. The molecule has 7 rings (SSSR count). The van der Waals surface area contributed by atoms with Gasteiger partial charge in [-0.05, 0) is 74.7 Å². The summed E-state index contributed by atoms with van der Waals surface area (Å²) in [7, 11) is 2.05. The third-order valence-corrected chi connectivity index (χ3v) is 10.1. The molecular formula is C35H38F3N7O2. The number of hydrogen-bond acceptors (Lipinski definition) is 7. The number of fused-ring (bicyclic) bond motifs is 2. The van der Waals surface area contributed by atoms with Crippen LogP contribution in [-0.4, -0.2) is 95.0 Å². The van der Waals surface area contributed by atoms with Crippen LogP contribution in [0.4, 0.5) is 19.0 Å². The van der Waals surface area contributed by atoms with Crippen molar-refractivity contribution in [2.24, 2.45) is 5.41 Å². The van der Waals surface area contributed by atoms with Crippen molar-refractivity contribution >= 4 is 39.6 Å². The van der Waals surface area contributed by atoms with Crippen molar-refractivity contribution in [3.05, 3.63) is 60.6 Å². The summed E-state index contributed by atoms with van der Waals surface area (Å²) in [6.45, 7) is 12.6. The monoisotopic (exact) mass is 645 g/mol. The molecule has 0 bridgehead atoms. The minimum absolute atomic E-state index is 0.0291. The lowest BCUT2D eigenvalue weighted by molar-refractivity contribution is -0.153. The standard InChI is InChI=1S/C35H38F3N7O2/c1-5-22-15-24-30(31(47-20-35(36,37)38)29(22)28-21(3)7-8-26-25(28)16-39-42-26)40-32(23-9-12-43(4)17-23)41-33(24)44-13-10-34(11-14-44)18-45(19-34)27(46)6-2/h5-8,15-16,23H,1-2,9-14,17-20H2,3-4H3,(H,39,42). The molecule has 246 valence electrons. The molecule has 9 nitrogen and oxygen atoms in total. The molecule has 1 amide bonds. The number of likely N-dealkylation sites (N-methyl/N-ethyl adjacent to an activating group) is 1. The Labute approximate surface area is 271 Å². The van der Waals surface area contributed by atoms with Crippen LogP contribution in [0, 0.1) is 12.3 Å². The lowest BCUT2D eigenvalue weighted by Gasteiger charge is -2.54. The van der Waals surface area contributed by atoms with E-state index >= 15 is 0 Å². The van der Waals surface area contributed by atoms with Crippen LogP contribution in [-0.2, 0) is 4.79 Å². The first kappa shape index (κ1) is 31.2. The SMILES string of the molecule is C=CC(=O)N1CC2(CCN(c3nc(C4CCN(C)C4)nc4c(OCC(F)(F)F)c(-c5c(C)ccc6[nH]ncc56)c(C=C)cc34)CC2)C1. The Bertz CT molecular complexity index is 1890. The second-order valence-corrected chi connectivity index (χ2v) is 13.3. The minimum atomic E-state index is -4.57. The van der Waals surface area contributed by atoms with Crippen LogP contribution in [0.5, 0.6) is 5.75 Å². The molecule has 5 heterocycles. The van der Waals surface area contributed by atoms with Gasteiger partial charge in [-0.25, -0.2) is 9.97 Å². The molecule has 4 aromatic rings. The van der Waals surface area contributed by atoms with Crippen molar-refractivity contribution in [3.8, 4) is 16.9 Å². The topological polar surface area (TPSA) is 90.5 Å². The normalized spacial score (nSPS) is 19.8. The largest absolute Gasteiger partial charge is 0.481 e. The highest BCUT2D eigenvalue weighted by Crippen LogP contribution is 2.48. The first-order valence-corrected chi connectivity index (χ1v) is 16.0. The number of alkyl halides is 3. The van der Waals surface area contributed by atoms with Gasteiger partial charge in [0, 0.05) is 60.4 Å². The molecule has 2 aromatic heterocycles. The molecule has 1 atom stereocenters. The maximum absolute atomic E-state index is 13.9. The molecule has 3 fully saturated rings. The Balaban J connectivity index is 1.41. The summed E-state index contributed by atoms with van der Waals surface area (Å²) in [6.07, 6.45) is 2.71. The Hall–Kier alpha value is -4.45. The number of benzene rings is 2. The smallest absolute Gasteiger partial charge is 0.422 e. The van der Waals surface area contributed by atoms with E-state index in [-0.39, 0.29) is 23.0 Å². The summed E-state index contributed by atoms with van der Waals surface area (Å²) < 4.78 is 47.4. The van der Waals surface area contributed by atoms with Crippen molar-refractivity contribution < 1.29 is 22.7 Å². The number of nitrogens with one attached hydrogen (secondary N) is 1. The lowest BCUT2D eigenvalue weighted by Crippen LogP contribution is -2.61. The van der Waals surface area contributed by atoms with E-state index in [4.69, 9.17) is 14.7 Å². The van der Waals surface area contributed by atoms with Crippen LogP contribution in [0.1, 0.15) is 42.1 Å². The van der Waals surface area contributed by atoms with Gasteiger partial charge in [0.1, 0.15) is 17.2 Å². The molecule has 3 aliphatic rings. The maximum Gasteiger partial charge on any atom is 0.422 e. The Morgan fingerprint density at radius 3 is 2.55 bits per heavy atom. The predicted octanol–water partition coefficient (Wildman–Crippen LogP) is 6.10. The van der Waals surface area contributed by atoms with Gasteiger partial charge in [0.2, 0.25) is 5.91 Å². The molecule has 0 radical (unpaired) electrons. The summed E-state index contributed by atoms with van der Waals surface area (Å²) in [6, 6.07) is 5.76. The number of ether oxygens (including phenoxy) is 1. The summed E-state index contributed by atoms with van der Waals surface area (Å²) in [5, 5.41) is 8.59. The number of rotatable bonds is 7. The number of H-pyrrole nitrogens is 1. The van der Waals surface area contributed by atoms with Crippen molar-refractivity contribution in [2.75, 3.05) is 57.8 Å². The van der Waals surface area contributed by atoms with E-state index in [1.165, 1.54) is 6.08 Å². The fraction of sp³-hybridized carbons (Fsp3) is 0.429. The molecule has 3 aliphatic heterocycles. The highest BCUT2D eigenvalue weighted by Gasteiger charge is 2.46. The number of carbonyl (C=O) groups is 1. The van der Waals surface area contributed by atoms with Gasteiger partial charge in [-0.3, -0.25) is 9.89 Å². The zero-order valence-electron chi connectivity index (χ0n) is 26.7. The average Bonchev–Trinajstić information content (AvgIpc) is 3.70. The van der Waals surface area contributed by atoms with E-state index in [2.05, 4.69) is 33.2 Å². The molecular weight excluding hydrogens is 607 g/mol. The van der Waals surface area contributed by atoms with E-state index in [9.17, 15) is 18.0 Å². The van der Waals surface area contributed by atoms with E-state index in [0.29, 0.717) is 59.9 Å². The average molecular weight is 646 g/mol. The van der Waals surface area contributed by atoms with Crippen LogP contribution < -0.4 is 9.64 Å². The number of aromatic nitrogens is 4. The van der Waals surface area contributed by atoms with Crippen LogP contribution in [0.3, 0.4) is 0 Å². The fourth-order valence-electron chi connectivity index (χ4n) is 7.56. The zero-order chi connectivity index (χ0) is 33.1. The Kier molecular flexibility index (Phi) is 7.73. The van der Waals surface area contributed by atoms with Gasteiger partial charge in [0.15, 0.2) is 12.4 Å². The molecule has 0 aliphatic carbocycles. The van der Waals surface area contributed by atoms with Crippen LogP contribution in [0.25, 0.3) is 39.0 Å². The zero-order valence-corrected chi connectivity index (χ0v) is 26.7. The quantitative estimate of drug-likeness (QED) is 0.243. The van der Waals surface area contributed by atoms with Gasteiger partial charge in [-0.2, -0.15) is 18.3 Å². The van der Waals surface area contributed by atoms with Gasteiger partial charge in [0.25, 0.3) is 0 Å². The van der Waals surface area contributed by atoms with Gasteiger partial charge in [-0.1, -0.05) is 25.3 Å². The highest BCUT2D eigenvalue weighted by atomic mass is 19.4. The maximum atomic E-state index is 13.9. The first-order valence-electron chi connectivity index (χ1n) is 16.0. The fourth-order valence-corrected chi connectivity index (χ4v) is 7.56. The number of hydrogen-bond donors (Lipinski definition) is 1. The summed E-state index contributed by atoms with van der Waals surface area (Å²) in [5.41, 5.74) is 3.86. The number of piperidine rings is 1. The molecule has 0 saturated carbocycles. The number of anilines is 1. The third-order valence-electron chi connectivity index (χ3n) is 10.1. The number of likely N-dealkylation sites (tertiary alicyclic amines) is 2. The van der Waals surface area contributed by atoms with Crippen molar-refractivity contribution in [1.82, 2.24) is 30.0 Å². The molecule has 47 heavy (non-hydrogen) atoms. The molecule has 12 heteroatoms. The molecule has 2 aromatic carbocycles. The van der Waals surface area contributed by atoms with Crippen molar-refractivity contribution in [1.29, 1.82) is 0 Å². The lowest BCUT2D eigenvalue weighted by atomic mass is 9.72. The minimum Gasteiger partial charge on any atom is -0.481 e. The van der Waals surface area contributed by atoms with E-state index < -0.39 is 12.8 Å². The number of nitrogens with zero attached hydrogens (tertiary/aromatic N) is 6. The van der Waals surface area contributed by atoms with Crippen molar-refractivity contribution in [3.63, 3.8) is 0 Å². The first-order chi connectivity index (χ1) is 22.5. The molecule has 3 saturated heterocycles. The number of amides is 1. The third kappa shape index (κ3) is 5.62. The Morgan fingerprint density at radius 2 is 1.89 bits per heavy atom. The van der Waals surface area contributed by atoms with Gasteiger partial charge >= 0.3 is 6.18 Å². The second-order valence-electron chi connectivity index (χ2n) is 13.3. The molecule has 1 unspecified atom stereocenters. The van der Waals surface area contributed by atoms with Crippen molar-refractivity contribution in [2.45, 2.75) is 38.3 Å². The van der Waals surface area contributed by atoms with E-state index in [1.807, 2.05) is 37.1 Å². The number of halogens is 3. The molecule has 1 N–H and O–H groups in total. The summed E-state index contributed by atoms with van der Waals surface area (Å²) >= 11 is 0. The van der Waals surface area contributed by atoms with Crippen LogP contribution in [0.15, 0.2) is 43.6 Å². The Morgan fingerprint density at radius 1 is 1.13 bits per heavy atom. The molecule has 1 spiro atoms. The number of carbonyl (C=O) groups excluding carboxylic acids is 1. The van der Waals surface area contributed by atoms with Crippen LogP contribution in [0.2, 0.25) is 0 Å². The van der Waals surface area contributed by atoms with Crippen LogP contribution >= 0.6 is 0 Å². The van der Waals surface area contributed by atoms with Gasteiger partial charge in [-0.15, -0.1) is 0 Å². The number of aromatic amines is 1. The van der Waals surface area contributed by atoms with Gasteiger partial charge in [0.05, 0.1) is 11.7 Å².